The molecule has 2 aromatic carbocycles. The number of nitrogens with one attached hydrogen (secondary N) is 2. The van der Waals surface area contributed by atoms with Crippen molar-refractivity contribution in [2.75, 3.05) is 10.6 Å². The number of aryl methyl sites for hydroxylation is 2. The van der Waals surface area contributed by atoms with Gasteiger partial charge in [-0.3, -0.25) is 9.59 Å². The second-order valence-electron chi connectivity index (χ2n) is 6.50. The molecule has 2 amide bonds. The van der Waals surface area contributed by atoms with E-state index in [-0.39, 0.29) is 11.8 Å². The quantitative estimate of drug-likeness (QED) is 0.736. The van der Waals surface area contributed by atoms with Crippen molar-refractivity contribution >= 4 is 23.2 Å². The molecule has 0 atom stereocenters. The Morgan fingerprint density at radius 3 is 2.11 bits per heavy atom. The summed E-state index contributed by atoms with van der Waals surface area (Å²) in [6.45, 7) is 7.25. The first-order valence-corrected chi connectivity index (χ1v) is 8.67. The van der Waals surface area contributed by atoms with Gasteiger partial charge in [-0.25, -0.2) is 4.68 Å². The highest BCUT2D eigenvalue weighted by atomic mass is 16.2. The molecule has 6 nitrogen and oxygen atoms in total. The number of benzene rings is 2. The normalized spacial score (nSPS) is 10.5. The van der Waals surface area contributed by atoms with Crippen LogP contribution >= 0.6 is 0 Å². The van der Waals surface area contributed by atoms with E-state index in [1.165, 1.54) is 6.92 Å². The topological polar surface area (TPSA) is 76.0 Å². The summed E-state index contributed by atoms with van der Waals surface area (Å²) < 4.78 is 1.85. The molecule has 0 aliphatic heterocycles. The van der Waals surface area contributed by atoms with Crippen LogP contribution in [-0.4, -0.2) is 21.6 Å². The zero-order valence-corrected chi connectivity index (χ0v) is 15.8. The maximum absolute atomic E-state index is 12.6. The van der Waals surface area contributed by atoms with Crippen LogP contribution in [-0.2, 0) is 4.79 Å². The summed E-state index contributed by atoms with van der Waals surface area (Å²) in [7, 11) is 0. The summed E-state index contributed by atoms with van der Waals surface area (Å²) in [6, 6.07) is 14.7. The minimum Gasteiger partial charge on any atom is -0.326 e. The zero-order chi connectivity index (χ0) is 19.6. The number of anilines is 2. The predicted molar refractivity (Wildman–Crippen MR) is 106 cm³/mol. The molecule has 0 saturated heterocycles. The van der Waals surface area contributed by atoms with Gasteiger partial charge in [0.15, 0.2) is 0 Å². The smallest absolute Gasteiger partial charge is 0.255 e. The first-order valence-electron chi connectivity index (χ1n) is 8.67. The van der Waals surface area contributed by atoms with Crippen molar-refractivity contribution in [2.24, 2.45) is 0 Å². The zero-order valence-electron chi connectivity index (χ0n) is 15.8. The number of carbonyl (C=O) groups excluding carboxylic acids is 2. The van der Waals surface area contributed by atoms with Crippen molar-refractivity contribution < 1.29 is 9.59 Å². The molecule has 0 unspecified atom stereocenters. The van der Waals surface area contributed by atoms with Crippen LogP contribution in [0.4, 0.5) is 11.4 Å². The number of rotatable bonds is 4. The van der Waals surface area contributed by atoms with Crippen LogP contribution in [0.25, 0.3) is 5.69 Å². The molecule has 0 aliphatic rings. The van der Waals surface area contributed by atoms with Crippen LogP contribution < -0.4 is 10.6 Å². The van der Waals surface area contributed by atoms with Crippen LogP contribution in [0.2, 0.25) is 0 Å². The van der Waals surface area contributed by atoms with Gasteiger partial charge in [0.2, 0.25) is 5.91 Å². The number of nitrogens with zero attached hydrogens (tertiary/aromatic N) is 2. The molecule has 0 aliphatic carbocycles. The van der Waals surface area contributed by atoms with Gasteiger partial charge in [0.25, 0.3) is 5.91 Å². The third kappa shape index (κ3) is 4.06. The van der Waals surface area contributed by atoms with Crippen LogP contribution in [0.1, 0.15) is 34.2 Å². The van der Waals surface area contributed by atoms with Gasteiger partial charge >= 0.3 is 0 Å². The highest BCUT2D eigenvalue weighted by molar-refractivity contribution is 6.05. The molecular formula is C21H22N4O2. The van der Waals surface area contributed by atoms with Gasteiger partial charge in [-0.15, -0.1) is 0 Å². The van der Waals surface area contributed by atoms with E-state index < -0.39 is 0 Å². The Morgan fingerprint density at radius 2 is 1.56 bits per heavy atom. The second kappa shape index (κ2) is 7.45. The fraction of sp³-hybridized carbons (Fsp3) is 0.190. The largest absolute Gasteiger partial charge is 0.326 e. The molecule has 0 spiro atoms. The second-order valence-corrected chi connectivity index (χ2v) is 6.50. The molecule has 1 aromatic heterocycles. The van der Waals surface area contributed by atoms with E-state index in [2.05, 4.69) is 15.7 Å². The van der Waals surface area contributed by atoms with Gasteiger partial charge in [0.1, 0.15) is 0 Å². The highest BCUT2D eigenvalue weighted by Gasteiger charge is 2.11. The molecule has 3 aromatic rings. The summed E-state index contributed by atoms with van der Waals surface area (Å²) in [5.74, 6) is -0.362. The van der Waals surface area contributed by atoms with Gasteiger partial charge < -0.3 is 10.6 Å². The maximum atomic E-state index is 12.6. The third-order valence-electron chi connectivity index (χ3n) is 4.28. The Balaban J connectivity index is 1.79. The predicted octanol–water partition coefficient (Wildman–Crippen LogP) is 4.01. The van der Waals surface area contributed by atoms with Crippen LogP contribution in [0.15, 0.2) is 48.5 Å². The fourth-order valence-corrected chi connectivity index (χ4v) is 2.93. The maximum Gasteiger partial charge on any atom is 0.255 e. The fourth-order valence-electron chi connectivity index (χ4n) is 2.93. The van der Waals surface area contributed by atoms with E-state index in [0.29, 0.717) is 16.9 Å². The van der Waals surface area contributed by atoms with E-state index in [1.807, 2.05) is 49.7 Å². The van der Waals surface area contributed by atoms with Crippen LogP contribution in [0.5, 0.6) is 0 Å². The first-order chi connectivity index (χ1) is 12.8. The molecule has 0 bridgehead atoms. The molecule has 6 heteroatoms. The number of carbonyl (C=O) groups is 2. The standard InChI is InChI=1S/C21H22N4O2/c1-13-12-14(2)25(24-13)18-10-8-17(9-11-18)21(27)23-20-7-5-6-19(15(20)3)22-16(4)26/h5-12H,1-4H3,(H,22,26)(H,23,27). The molecule has 1 heterocycles. The van der Waals surface area contributed by atoms with Gasteiger partial charge in [-0.2, -0.15) is 5.10 Å². The molecule has 0 radical (unpaired) electrons. The summed E-state index contributed by atoms with van der Waals surface area (Å²) >= 11 is 0. The van der Waals surface area contributed by atoms with Gasteiger partial charge in [0.05, 0.1) is 11.4 Å². The molecule has 27 heavy (non-hydrogen) atoms. The number of hydrogen-bond donors (Lipinski definition) is 2. The lowest BCUT2D eigenvalue weighted by Crippen LogP contribution is -2.14. The van der Waals surface area contributed by atoms with Crippen molar-refractivity contribution in [1.82, 2.24) is 9.78 Å². The summed E-state index contributed by atoms with van der Waals surface area (Å²) in [5, 5.41) is 10.1. The Hall–Kier alpha value is -3.41. The Labute approximate surface area is 158 Å². The molecular weight excluding hydrogens is 340 g/mol. The lowest BCUT2D eigenvalue weighted by atomic mass is 10.1. The lowest BCUT2D eigenvalue weighted by molar-refractivity contribution is -0.114. The average molecular weight is 362 g/mol. The first kappa shape index (κ1) is 18.4. The van der Waals surface area contributed by atoms with Gasteiger partial charge in [-0.05, 0) is 68.8 Å². The van der Waals surface area contributed by atoms with Gasteiger partial charge in [-0.1, -0.05) is 6.07 Å². The van der Waals surface area contributed by atoms with Crippen LogP contribution in [0.3, 0.4) is 0 Å². The highest BCUT2D eigenvalue weighted by Crippen LogP contribution is 2.24. The monoisotopic (exact) mass is 362 g/mol. The van der Waals surface area contributed by atoms with E-state index in [9.17, 15) is 9.59 Å². The minimum atomic E-state index is -0.210. The van der Waals surface area contributed by atoms with Crippen LogP contribution in [0, 0.1) is 20.8 Å². The van der Waals surface area contributed by atoms with E-state index in [0.717, 1.165) is 22.6 Å². The third-order valence-corrected chi connectivity index (χ3v) is 4.28. The van der Waals surface area contributed by atoms with Crippen molar-refractivity contribution in [1.29, 1.82) is 0 Å². The molecule has 0 fully saturated rings. The van der Waals surface area contributed by atoms with Crippen molar-refractivity contribution in [3.8, 4) is 5.69 Å². The number of aromatic nitrogens is 2. The lowest BCUT2D eigenvalue weighted by Gasteiger charge is -2.13. The Bertz CT molecular complexity index is 1000. The van der Waals surface area contributed by atoms with E-state index in [4.69, 9.17) is 0 Å². The number of amides is 2. The summed E-state index contributed by atoms with van der Waals surface area (Å²) in [5.41, 5.74) is 5.58. The van der Waals surface area contributed by atoms with E-state index in [1.54, 1.807) is 24.3 Å². The average Bonchev–Trinajstić information content (AvgIpc) is 2.96. The summed E-state index contributed by atoms with van der Waals surface area (Å²) in [6.07, 6.45) is 0. The van der Waals surface area contributed by atoms with E-state index >= 15 is 0 Å². The molecule has 0 saturated carbocycles. The number of hydrogen-bond acceptors (Lipinski definition) is 3. The van der Waals surface area contributed by atoms with Crippen molar-refractivity contribution in [2.45, 2.75) is 27.7 Å². The van der Waals surface area contributed by atoms with Gasteiger partial charge in [0, 0.05) is 29.6 Å². The Kier molecular flexibility index (Phi) is 5.07. The van der Waals surface area contributed by atoms with Crippen molar-refractivity contribution in [3.05, 3.63) is 71.0 Å². The molecule has 2 N–H and O–H groups in total. The summed E-state index contributed by atoms with van der Waals surface area (Å²) in [4.78, 5) is 23.9. The molecule has 3 rings (SSSR count). The Morgan fingerprint density at radius 1 is 0.926 bits per heavy atom. The minimum absolute atomic E-state index is 0.152. The van der Waals surface area contributed by atoms with Crippen molar-refractivity contribution in [3.63, 3.8) is 0 Å². The SMILES string of the molecule is CC(=O)Nc1cccc(NC(=O)c2ccc(-n3nc(C)cc3C)cc2)c1C. The molecule has 138 valence electrons.